The summed E-state index contributed by atoms with van der Waals surface area (Å²) in [6.07, 6.45) is 5.39. The summed E-state index contributed by atoms with van der Waals surface area (Å²) in [5.41, 5.74) is 0. The molecule has 0 saturated carbocycles. The van der Waals surface area contributed by atoms with E-state index in [4.69, 9.17) is 11.6 Å². The Hall–Kier alpha value is -0.0131. The SMILES string of the molecule is C[SiH](C)C1=CCC=C1Cl. The van der Waals surface area contributed by atoms with Gasteiger partial charge >= 0.3 is 0 Å². The van der Waals surface area contributed by atoms with Crippen molar-refractivity contribution in [1.82, 2.24) is 0 Å². The average molecular weight is 159 g/mol. The van der Waals surface area contributed by atoms with Gasteiger partial charge in [-0.1, -0.05) is 36.8 Å². The summed E-state index contributed by atoms with van der Waals surface area (Å²) in [7, 11) is -0.620. The Morgan fingerprint density at radius 3 is 2.33 bits per heavy atom. The molecule has 0 aromatic carbocycles. The number of allylic oxidation sites excluding steroid dienone is 4. The van der Waals surface area contributed by atoms with Crippen molar-refractivity contribution in [3.8, 4) is 0 Å². The second-order valence-electron chi connectivity index (χ2n) is 2.60. The average Bonchev–Trinajstić information content (AvgIpc) is 2.13. The Balaban J connectivity index is 2.72. The van der Waals surface area contributed by atoms with E-state index in [0.29, 0.717) is 0 Å². The van der Waals surface area contributed by atoms with Crippen LogP contribution in [-0.2, 0) is 0 Å². The maximum Gasteiger partial charge on any atom is 0.0662 e. The smallest absolute Gasteiger partial charge is 0.0662 e. The molecule has 0 spiro atoms. The van der Waals surface area contributed by atoms with Gasteiger partial charge < -0.3 is 0 Å². The zero-order chi connectivity index (χ0) is 6.85. The number of rotatable bonds is 1. The molecule has 1 aliphatic carbocycles. The van der Waals surface area contributed by atoms with E-state index in [1.54, 1.807) is 0 Å². The van der Waals surface area contributed by atoms with Crippen LogP contribution < -0.4 is 0 Å². The van der Waals surface area contributed by atoms with Crippen LogP contribution >= 0.6 is 11.6 Å². The number of halogens is 1. The fraction of sp³-hybridized carbons (Fsp3) is 0.429. The molecule has 0 aromatic rings. The van der Waals surface area contributed by atoms with Crippen molar-refractivity contribution >= 4 is 20.4 Å². The largest absolute Gasteiger partial charge is 0.0848 e. The third-order valence-corrected chi connectivity index (χ3v) is 3.88. The van der Waals surface area contributed by atoms with Gasteiger partial charge in [-0.15, -0.1) is 0 Å². The van der Waals surface area contributed by atoms with Crippen LogP contribution in [0.1, 0.15) is 6.42 Å². The lowest BCUT2D eigenvalue weighted by Gasteiger charge is -2.02. The van der Waals surface area contributed by atoms with Gasteiger partial charge in [-0.25, -0.2) is 0 Å². The van der Waals surface area contributed by atoms with Gasteiger partial charge in [0, 0.05) is 5.03 Å². The van der Waals surface area contributed by atoms with Crippen LogP contribution in [0.25, 0.3) is 0 Å². The highest BCUT2D eigenvalue weighted by atomic mass is 35.5. The van der Waals surface area contributed by atoms with E-state index < -0.39 is 8.80 Å². The van der Waals surface area contributed by atoms with Crippen molar-refractivity contribution in [3.05, 3.63) is 22.4 Å². The number of hydrogen-bond donors (Lipinski definition) is 0. The molecule has 0 unspecified atom stereocenters. The van der Waals surface area contributed by atoms with Gasteiger partial charge in [0.15, 0.2) is 0 Å². The van der Waals surface area contributed by atoms with Crippen molar-refractivity contribution in [2.24, 2.45) is 0 Å². The molecule has 0 aromatic heterocycles. The fourth-order valence-corrected chi connectivity index (χ4v) is 3.11. The van der Waals surface area contributed by atoms with Gasteiger partial charge in [0.1, 0.15) is 0 Å². The summed E-state index contributed by atoms with van der Waals surface area (Å²) >= 11 is 5.90. The monoisotopic (exact) mass is 158 g/mol. The zero-order valence-electron chi connectivity index (χ0n) is 5.82. The first kappa shape index (κ1) is 7.10. The summed E-state index contributed by atoms with van der Waals surface area (Å²) in [6, 6.07) is 0. The Labute approximate surface area is 62.8 Å². The molecule has 9 heavy (non-hydrogen) atoms. The quantitative estimate of drug-likeness (QED) is 0.515. The van der Waals surface area contributed by atoms with Crippen LogP contribution in [0.15, 0.2) is 22.4 Å². The van der Waals surface area contributed by atoms with E-state index in [0.717, 1.165) is 11.5 Å². The highest BCUT2D eigenvalue weighted by Gasteiger charge is 2.10. The molecule has 0 heterocycles. The lowest BCUT2D eigenvalue weighted by molar-refractivity contribution is 1.44. The lowest BCUT2D eigenvalue weighted by Crippen LogP contribution is -2.03. The Morgan fingerprint density at radius 2 is 2.11 bits per heavy atom. The maximum atomic E-state index is 5.90. The molecule has 2 heteroatoms. The predicted molar refractivity (Wildman–Crippen MR) is 45.5 cm³/mol. The minimum absolute atomic E-state index is 0.620. The molecule has 0 fully saturated rings. The van der Waals surface area contributed by atoms with Crippen molar-refractivity contribution in [2.45, 2.75) is 19.5 Å². The van der Waals surface area contributed by atoms with E-state index >= 15 is 0 Å². The van der Waals surface area contributed by atoms with E-state index in [1.807, 2.05) is 0 Å². The van der Waals surface area contributed by atoms with E-state index in [9.17, 15) is 0 Å². The predicted octanol–water partition coefficient (Wildman–Crippen LogP) is 2.47. The maximum absolute atomic E-state index is 5.90. The highest BCUT2D eigenvalue weighted by molar-refractivity contribution is 6.67. The van der Waals surface area contributed by atoms with Crippen molar-refractivity contribution < 1.29 is 0 Å². The molecular formula is C7H11ClSi. The molecule has 50 valence electrons. The minimum Gasteiger partial charge on any atom is -0.0848 e. The van der Waals surface area contributed by atoms with Crippen molar-refractivity contribution in [2.75, 3.05) is 0 Å². The molecular weight excluding hydrogens is 148 g/mol. The molecule has 0 amide bonds. The summed E-state index contributed by atoms with van der Waals surface area (Å²) in [6.45, 7) is 4.60. The summed E-state index contributed by atoms with van der Waals surface area (Å²) in [5, 5.41) is 2.45. The van der Waals surface area contributed by atoms with Crippen LogP contribution in [0.4, 0.5) is 0 Å². The Bertz CT molecular complexity index is 168. The molecule has 0 atom stereocenters. The zero-order valence-corrected chi connectivity index (χ0v) is 7.73. The third kappa shape index (κ3) is 1.46. The van der Waals surface area contributed by atoms with Gasteiger partial charge in [0.2, 0.25) is 0 Å². The third-order valence-electron chi connectivity index (χ3n) is 1.53. The Morgan fingerprint density at radius 1 is 1.44 bits per heavy atom. The van der Waals surface area contributed by atoms with Crippen molar-refractivity contribution in [1.29, 1.82) is 0 Å². The first-order valence-corrected chi connectivity index (χ1v) is 6.54. The molecule has 0 N–H and O–H groups in total. The van der Waals surface area contributed by atoms with Gasteiger partial charge in [-0.2, -0.15) is 0 Å². The summed E-state index contributed by atoms with van der Waals surface area (Å²) < 4.78 is 0. The van der Waals surface area contributed by atoms with Crippen LogP contribution in [0.5, 0.6) is 0 Å². The lowest BCUT2D eigenvalue weighted by atomic mass is 10.5. The molecule has 0 aliphatic heterocycles. The Kier molecular flexibility index (Phi) is 2.14. The van der Waals surface area contributed by atoms with Gasteiger partial charge in [0.25, 0.3) is 0 Å². The van der Waals surface area contributed by atoms with Crippen molar-refractivity contribution in [3.63, 3.8) is 0 Å². The van der Waals surface area contributed by atoms with E-state index in [-0.39, 0.29) is 0 Å². The van der Waals surface area contributed by atoms with Crippen LogP contribution in [0.3, 0.4) is 0 Å². The van der Waals surface area contributed by atoms with Gasteiger partial charge in [-0.3, -0.25) is 0 Å². The fourth-order valence-electron chi connectivity index (χ4n) is 1.02. The summed E-state index contributed by atoms with van der Waals surface area (Å²) in [5.74, 6) is 0. The molecule has 0 radical (unpaired) electrons. The van der Waals surface area contributed by atoms with Crippen LogP contribution in [-0.4, -0.2) is 8.80 Å². The minimum atomic E-state index is -0.620. The van der Waals surface area contributed by atoms with E-state index in [1.165, 1.54) is 5.20 Å². The van der Waals surface area contributed by atoms with Gasteiger partial charge in [0.05, 0.1) is 8.80 Å². The standard InChI is InChI=1S/C7H11ClSi/c1-9(2)7-5-3-4-6(7)8/h4-5,9H,3H2,1-2H3. The van der Waals surface area contributed by atoms with Crippen LogP contribution in [0, 0.1) is 0 Å². The van der Waals surface area contributed by atoms with Crippen LogP contribution in [0.2, 0.25) is 13.1 Å². The second-order valence-corrected chi connectivity index (χ2v) is 5.94. The number of hydrogen-bond acceptors (Lipinski definition) is 0. The summed E-state index contributed by atoms with van der Waals surface area (Å²) in [4.78, 5) is 0. The van der Waals surface area contributed by atoms with Gasteiger partial charge in [-0.05, 0) is 11.6 Å². The normalized spacial score (nSPS) is 18.2. The molecule has 1 aliphatic rings. The first-order valence-electron chi connectivity index (χ1n) is 3.28. The topological polar surface area (TPSA) is 0 Å². The second kappa shape index (κ2) is 2.71. The molecule has 0 bridgehead atoms. The van der Waals surface area contributed by atoms with E-state index in [2.05, 4.69) is 25.2 Å². The molecule has 1 rings (SSSR count). The molecule has 0 nitrogen and oxygen atoms in total. The molecule has 0 saturated heterocycles. The first-order chi connectivity index (χ1) is 4.22. The highest BCUT2D eigenvalue weighted by Crippen LogP contribution is 2.24.